The zero-order valence-corrected chi connectivity index (χ0v) is 13.1. The smallest absolute Gasteiger partial charge is 0.270 e. The number of aryl methyl sites for hydroxylation is 1. The Kier molecular flexibility index (Phi) is 3.94. The van der Waals surface area contributed by atoms with Crippen LogP contribution in [0.4, 0.5) is 5.69 Å². The summed E-state index contributed by atoms with van der Waals surface area (Å²) in [6.07, 6.45) is 4.64. The third-order valence-electron chi connectivity index (χ3n) is 3.31. The topological polar surface area (TPSA) is 36.1 Å². The fourth-order valence-corrected chi connectivity index (χ4v) is 3.44. The van der Waals surface area contributed by atoms with E-state index in [1.807, 2.05) is 48.7 Å². The van der Waals surface area contributed by atoms with Crippen molar-refractivity contribution in [3.05, 3.63) is 58.8 Å². The van der Waals surface area contributed by atoms with E-state index in [2.05, 4.69) is 11.9 Å². The molecule has 0 bridgehead atoms. The summed E-state index contributed by atoms with van der Waals surface area (Å²) in [5.74, 6) is -0.0659. The lowest BCUT2D eigenvalue weighted by Gasteiger charge is -2.14. The third kappa shape index (κ3) is 2.80. The molecule has 1 aromatic heterocycles. The summed E-state index contributed by atoms with van der Waals surface area (Å²) in [6.45, 7) is 2.10. The number of aromatic amines is 1. The molecule has 1 aliphatic heterocycles. The van der Waals surface area contributed by atoms with Crippen molar-refractivity contribution in [1.29, 1.82) is 0 Å². The minimum absolute atomic E-state index is 0.0659. The predicted octanol–water partition coefficient (Wildman–Crippen LogP) is 3.98. The second kappa shape index (κ2) is 5.87. The molecule has 0 atom stereocenters. The van der Waals surface area contributed by atoms with Gasteiger partial charge in [-0.25, -0.2) is 0 Å². The van der Waals surface area contributed by atoms with Crippen molar-refractivity contribution >= 4 is 46.0 Å². The van der Waals surface area contributed by atoms with Gasteiger partial charge < -0.3 is 4.98 Å². The summed E-state index contributed by atoms with van der Waals surface area (Å²) >= 11 is 6.68. The number of amides is 1. The van der Waals surface area contributed by atoms with Crippen molar-refractivity contribution in [3.63, 3.8) is 0 Å². The molecule has 0 radical (unpaired) electrons. The molecule has 0 spiro atoms. The van der Waals surface area contributed by atoms with Crippen LogP contribution in [0.1, 0.15) is 18.2 Å². The Morgan fingerprint density at radius 3 is 2.67 bits per heavy atom. The molecule has 3 nitrogen and oxygen atoms in total. The summed E-state index contributed by atoms with van der Waals surface area (Å²) in [5, 5.41) is 0. The van der Waals surface area contributed by atoms with Gasteiger partial charge in [0.1, 0.15) is 0 Å². The minimum Gasteiger partial charge on any atom is -0.362 e. The average molecular weight is 314 g/mol. The first-order chi connectivity index (χ1) is 10.2. The van der Waals surface area contributed by atoms with Gasteiger partial charge in [-0.3, -0.25) is 9.69 Å². The molecule has 0 unspecified atom stereocenters. The van der Waals surface area contributed by atoms with E-state index >= 15 is 0 Å². The highest BCUT2D eigenvalue weighted by atomic mass is 32.2. The maximum Gasteiger partial charge on any atom is 0.270 e. The zero-order valence-electron chi connectivity index (χ0n) is 11.5. The lowest BCUT2D eigenvalue weighted by Crippen LogP contribution is -2.27. The quantitative estimate of drug-likeness (QED) is 0.687. The molecule has 1 aliphatic rings. The van der Waals surface area contributed by atoms with Crippen LogP contribution in [0.15, 0.2) is 47.5 Å². The highest BCUT2D eigenvalue weighted by molar-refractivity contribution is 8.27. The summed E-state index contributed by atoms with van der Waals surface area (Å²) in [4.78, 5) is 17.8. The Morgan fingerprint density at radius 1 is 1.29 bits per heavy atom. The number of thioether (sulfide) groups is 1. The summed E-state index contributed by atoms with van der Waals surface area (Å²) in [5.41, 5.74) is 2.97. The van der Waals surface area contributed by atoms with Crippen LogP contribution in [0.3, 0.4) is 0 Å². The van der Waals surface area contributed by atoms with Crippen LogP contribution in [0.25, 0.3) is 6.08 Å². The Hall–Kier alpha value is -1.85. The molecule has 1 saturated heterocycles. The van der Waals surface area contributed by atoms with Gasteiger partial charge in [0.15, 0.2) is 4.32 Å². The number of aromatic nitrogens is 1. The van der Waals surface area contributed by atoms with Crippen LogP contribution < -0.4 is 4.90 Å². The molecule has 5 heteroatoms. The van der Waals surface area contributed by atoms with Crippen LogP contribution >= 0.6 is 24.0 Å². The molecule has 0 saturated carbocycles. The maximum atomic E-state index is 12.5. The lowest BCUT2D eigenvalue weighted by molar-refractivity contribution is -0.113. The molecule has 106 valence electrons. The molecule has 2 heterocycles. The number of nitrogens with zero attached hydrogens (tertiary/aromatic N) is 1. The van der Waals surface area contributed by atoms with Crippen LogP contribution in [0.2, 0.25) is 0 Å². The Balaban J connectivity index is 1.90. The van der Waals surface area contributed by atoms with Gasteiger partial charge in [0.05, 0.1) is 10.6 Å². The number of hydrogen-bond acceptors (Lipinski definition) is 3. The largest absolute Gasteiger partial charge is 0.362 e. The van der Waals surface area contributed by atoms with Crippen molar-refractivity contribution in [2.75, 3.05) is 4.90 Å². The monoisotopic (exact) mass is 314 g/mol. The minimum atomic E-state index is -0.0659. The van der Waals surface area contributed by atoms with E-state index in [4.69, 9.17) is 12.2 Å². The highest BCUT2D eigenvalue weighted by Crippen LogP contribution is 2.35. The average Bonchev–Trinajstić information content (AvgIpc) is 3.09. The van der Waals surface area contributed by atoms with Crippen LogP contribution in [-0.4, -0.2) is 15.2 Å². The number of H-pyrrole nitrogens is 1. The number of benzene rings is 1. The van der Waals surface area contributed by atoms with E-state index in [9.17, 15) is 4.79 Å². The first-order valence-corrected chi connectivity index (χ1v) is 7.92. The highest BCUT2D eigenvalue weighted by Gasteiger charge is 2.33. The lowest BCUT2D eigenvalue weighted by atomic mass is 10.1. The van der Waals surface area contributed by atoms with Gasteiger partial charge in [0.25, 0.3) is 5.91 Å². The molecule has 1 aromatic carbocycles. The van der Waals surface area contributed by atoms with Gasteiger partial charge >= 0.3 is 0 Å². The maximum absolute atomic E-state index is 12.5. The Bertz CT molecular complexity index is 702. The standard InChI is InChI=1S/C16H14N2OS2/c1-2-11-5-7-13(8-6-11)18-15(19)14(21-16(18)20)10-12-4-3-9-17-12/h3-10,17H,2H2,1H3/b14-10+. The molecular weight excluding hydrogens is 300 g/mol. The van der Waals surface area contributed by atoms with Gasteiger partial charge in [-0.05, 0) is 42.3 Å². The number of carbonyl (C=O) groups excluding carboxylic acids is 1. The third-order valence-corrected chi connectivity index (χ3v) is 4.61. The van der Waals surface area contributed by atoms with Gasteiger partial charge in [0.2, 0.25) is 0 Å². The summed E-state index contributed by atoms with van der Waals surface area (Å²) in [6, 6.07) is 11.8. The molecule has 1 fully saturated rings. The van der Waals surface area contributed by atoms with E-state index < -0.39 is 0 Å². The number of rotatable bonds is 3. The zero-order chi connectivity index (χ0) is 14.8. The second-order valence-corrected chi connectivity index (χ2v) is 6.34. The van der Waals surface area contributed by atoms with Crippen molar-refractivity contribution in [3.8, 4) is 0 Å². The SMILES string of the molecule is CCc1ccc(N2C(=O)/C(=C\c3ccc[nH]3)SC2=S)cc1. The van der Waals surface area contributed by atoms with Crippen molar-refractivity contribution in [2.24, 2.45) is 0 Å². The van der Waals surface area contributed by atoms with Crippen molar-refractivity contribution < 1.29 is 4.79 Å². The van der Waals surface area contributed by atoms with Gasteiger partial charge in [-0.2, -0.15) is 0 Å². The first kappa shape index (κ1) is 14.1. The molecule has 21 heavy (non-hydrogen) atoms. The second-order valence-electron chi connectivity index (χ2n) is 4.66. The molecule has 1 N–H and O–H groups in total. The molecule has 3 rings (SSSR count). The first-order valence-electron chi connectivity index (χ1n) is 6.69. The summed E-state index contributed by atoms with van der Waals surface area (Å²) < 4.78 is 0.571. The fraction of sp³-hybridized carbons (Fsp3) is 0.125. The van der Waals surface area contributed by atoms with E-state index in [1.165, 1.54) is 17.3 Å². The number of thiocarbonyl (C=S) groups is 1. The van der Waals surface area contributed by atoms with Gasteiger partial charge in [-0.1, -0.05) is 43.0 Å². The van der Waals surface area contributed by atoms with Crippen LogP contribution in [-0.2, 0) is 11.2 Å². The number of nitrogens with one attached hydrogen (secondary N) is 1. The van der Waals surface area contributed by atoms with Gasteiger partial charge in [-0.15, -0.1) is 0 Å². The van der Waals surface area contributed by atoms with E-state index in [0.29, 0.717) is 9.23 Å². The van der Waals surface area contributed by atoms with Crippen molar-refractivity contribution in [2.45, 2.75) is 13.3 Å². The molecule has 0 aliphatic carbocycles. The Morgan fingerprint density at radius 2 is 2.05 bits per heavy atom. The summed E-state index contributed by atoms with van der Waals surface area (Å²) in [7, 11) is 0. The molecule has 2 aromatic rings. The predicted molar refractivity (Wildman–Crippen MR) is 92.3 cm³/mol. The Labute approximate surface area is 133 Å². The number of anilines is 1. The van der Waals surface area contributed by atoms with Crippen molar-refractivity contribution in [1.82, 2.24) is 4.98 Å². The van der Waals surface area contributed by atoms with Gasteiger partial charge in [0, 0.05) is 11.9 Å². The normalized spacial score (nSPS) is 17.0. The van der Waals surface area contributed by atoms with E-state index in [0.717, 1.165) is 17.8 Å². The molecular formula is C16H14N2OS2. The number of hydrogen-bond donors (Lipinski definition) is 1. The molecule has 1 amide bonds. The van der Waals surface area contributed by atoms with E-state index in [-0.39, 0.29) is 5.91 Å². The number of carbonyl (C=O) groups is 1. The van der Waals surface area contributed by atoms with E-state index in [1.54, 1.807) is 4.90 Å². The van der Waals surface area contributed by atoms with Crippen LogP contribution in [0.5, 0.6) is 0 Å². The van der Waals surface area contributed by atoms with Crippen LogP contribution in [0, 0.1) is 0 Å². The fourth-order valence-electron chi connectivity index (χ4n) is 2.15.